The number of aromatic nitrogens is 2. The molecule has 1 atom stereocenters. The number of amides is 1. The minimum absolute atomic E-state index is 0.0146. The van der Waals surface area contributed by atoms with E-state index in [1.54, 1.807) is 12.1 Å². The van der Waals surface area contributed by atoms with Crippen LogP contribution in [0.3, 0.4) is 0 Å². The smallest absolute Gasteiger partial charge is 0.254 e. The number of hydrogen-bond acceptors (Lipinski definition) is 4. The second-order valence-corrected chi connectivity index (χ2v) is 7.08. The molecular formula is C21H20FN3O3. The lowest BCUT2D eigenvalue weighted by atomic mass is 10.0. The van der Waals surface area contributed by atoms with Crippen molar-refractivity contribution in [2.75, 3.05) is 6.61 Å². The number of furan rings is 1. The summed E-state index contributed by atoms with van der Waals surface area (Å²) in [5.74, 6) is -0.830. The maximum absolute atomic E-state index is 15.3. The second kappa shape index (κ2) is 7.09. The lowest BCUT2D eigenvalue weighted by molar-refractivity contribution is 0.0893. The van der Waals surface area contributed by atoms with E-state index in [1.807, 2.05) is 38.1 Å². The molecule has 0 aliphatic heterocycles. The van der Waals surface area contributed by atoms with Gasteiger partial charge in [0.25, 0.3) is 5.91 Å². The number of aliphatic hydroxyl groups excluding tert-OH is 1. The highest BCUT2D eigenvalue weighted by Crippen LogP contribution is 2.33. The molecular weight excluding hydrogens is 361 g/mol. The fourth-order valence-electron chi connectivity index (χ4n) is 3.19. The molecule has 0 aliphatic rings. The van der Waals surface area contributed by atoms with Crippen molar-refractivity contribution in [3.63, 3.8) is 0 Å². The lowest BCUT2D eigenvalue weighted by Gasteiger charge is -2.20. The van der Waals surface area contributed by atoms with Crippen molar-refractivity contribution in [3.05, 3.63) is 53.8 Å². The Morgan fingerprint density at radius 1 is 1.29 bits per heavy atom. The Morgan fingerprint density at radius 2 is 2.07 bits per heavy atom. The summed E-state index contributed by atoms with van der Waals surface area (Å²) in [5.41, 5.74) is 1.34. The summed E-state index contributed by atoms with van der Waals surface area (Å²) in [4.78, 5) is 12.6. The highest BCUT2D eigenvalue weighted by Gasteiger charge is 2.23. The maximum atomic E-state index is 15.3. The molecule has 0 bridgehead atoms. The monoisotopic (exact) mass is 381 g/mol. The van der Waals surface area contributed by atoms with Crippen LogP contribution in [-0.2, 0) is 0 Å². The summed E-state index contributed by atoms with van der Waals surface area (Å²) < 4.78 is 21.1. The first-order chi connectivity index (χ1) is 13.5. The number of H-pyrrole nitrogens is 1. The first-order valence-corrected chi connectivity index (χ1v) is 9.07. The number of hydrogen-bond donors (Lipinski definition) is 3. The fourth-order valence-corrected chi connectivity index (χ4v) is 3.19. The van der Waals surface area contributed by atoms with Gasteiger partial charge in [-0.25, -0.2) is 4.39 Å². The predicted octanol–water partition coefficient (Wildman–Crippen LogP) is 3.86. The standard InChI is InChI=1S/C21H20FN3O3/c1-11(2)15(10-26)23-21(27)13-7-8-14-18(19(13)22)20(25-24-14)17-9-12-5-3-4-6-16(12)28-17/h3-9,11,15,26H,10H2,1-2H3,(H,23,27)(H,24,25)/t15-/m1/s1. The molecule has 0 spiro atoms. The van der Waals surface area contributed by atoms with Crippen LogP contribution in [0, 0.1) is 11.7 Å². The van der Waals surface area contributed by atoms with Gasteiger partial charge in [-0.3, -0.25) is 9.89 Å². The average Bonchev–Trinajstić information content (AvgIpc) is 3.29. The molecule has 4 aromatic rings. The van der Waals surface area contributed by atoms with Gasteiger partial charge in [0.2, 0.25) is 0 Å². The van der Waals surface area contributed by atoms with E-state index < -0.39 is 17.8 Å². The van der Waals surface area contributed by atoms with Crippen molar-refractivity contribution in [1.82, 2.24) is 15.5 Å². The van der Waals surface area contributed by atoms with E-state index in [-0.39, 0.29) is 23.5 Å². The second-order valence-electron chi connectivity index (χ2n) is 7.08. The number of benzene rings is 2. The van der Waals surface area contributed by atoms with Crippen molar-refractivity contribution in [2.24, 2.45) is 5.92 Å². The van der Waals surface area contributed by atoms with Crippen molar-refractivity contribution in [3.8, 4) is 11.5 Å². The van der Waals surface area contributed by atoms with Gasteiger partial charge in [-0.1, -0.05) is 32.0 Å². The van der Waals surface area contributed by atoms with E-state index in [4.69, 9.17) is 4.42 Å². The third kappa shape index (κ3) is 3.03. The van der Waals surface area contributed by atoms with Crippen LogP contribution in [0.5, 0.6) is 0 Å². The number of halogens is 1. The number of rotatable bonds is 5. The number of aromatic amines is 1. The summed E-state index contributed by atoms with van der Waals surface area (Å²) in [5, 5.41) is 20.2. The van der Waals surface area contributed by atoms with Gasteiger partial charge in [0.1, 0.15) is 17.1 Å². The summed E-state index contributed by atoms with van der Waals surface area (Å²) >= 11 is 0. The lowest BCUT2D eigenvalue weighted by Crippen LogP contribution is -2.41. The van der Waals surface area contributed by atoms with E-state index in [0.717, 1.165) is 5.39 Å². The molecule has 2 aromatic carbocycles. The van der Waals surface area contributed by atoms with E-state index >= 15 is 4.39 Å². The van der Waals surface area contributed by atoms with Gasteiger partial charge < -0.3 is 14.8 Å². The summed E-state index contributed by atoms with van der Waals surface area (Å²) in [6.45, 7) is 3.52. The number of nitrogens with one attached hydrogen (secondary N) is 2. The summed E-state index contributed by atoms with van der Waals surface area (Å²) in [6, 6.07) is 11.8. The quantitative estimate of drug-likeness (QED) is 0.490. The maximum Gasteiger partial charge on any atom is 0.254 e. The highest BCUT2D eigenvalue weighted by molar-refractivity contribution is 6.02. The number of carbonyl (C=O) groups is 1. The Hall–Kier alpha value is -3.19. The molecule has 0 fully saturated rings. The fraction of sp³-hybridized carbons (Fsp3) is 0.238. The number of carbonyl (C=O) groups excluding carboxylic acids is 1. The van der Waals surface area contributed by atoms with Crippen molar-refractivity contribution in [2.45, 2.75) is 19.9 Å². The van der Waals surface area contributed by atoms with Gasteiger partial charge in [0.05, 0.1) is 29.1 Å². The molecule has 0 unspecified atom stereocenters. The number of nitrogens with zero attached hydrogens (tertiary/aromatic N) is 1. The van der Waals surface area contributed by atoms with Crippen LogP contribution < -0.4 is 5.32 Å². The van der Waals surface area contributed by atoms with E-state index in [9.17, 15) is 9.90 Å². The predicted molar refractivity (Wildman–Crippen MR) is 104 cm³/mol. The molecule has 4 rings (SSSR count). The molecule has 144 valence electrons. The molecule has 1 amide bonds. The Kier molecular flexibility index (Phi) is 4.60. The first-order valence-electron chi connectivity index (χ1n) is 9.07. The van der Waals surface area contributed by atoms with Gasteiger partial charge in [-0.15, -0.1) is 0 Å². The van der Waals surface area contributed by atoms with E-state index in [1.165, 1.54) is 6.07 Å². The van der Waals surface area contributed by atoms with Crippen LogP contribution >= 0.6 is 0 Å². The summed E-state index contributed by atoms with van der Waals surface area (Å²) in [7, 11) is 0. The molecule has 2 aromatic heterocycles. The average molecular weight is 381 g/mol. The van der Waals surface area contributed by atoms with Crippen molar-refractivity contribution in [1.29, 1.82) is 0 Å². The Bertz CT molecular complexity index is 1130. The van der Waals surface area contributed by atoms with Crippen LogP contribution in [-0.4, -0.2) is 33.9 Å². The molecule has 7 heteroatoms. The van der Waals surface area contributed by atoms with Gasteiger partial charge in [0.15, 0.2) is 5.76 Å². The minimum Gasteiger partial charge on any atom is -0.454 e. The molecule has 0 saturated carbocycles. The number of aliphatic hydroxyl groups is 1. The Morgan fingerprint density at radius 3 is 2.79 bits per heavy atom. The van der Waals surface area contributed by atoms with Gasteiger partial charge in [-0.05, 0) is 30.2 Å². The van der Waals surface area contributed by atoms with Crippen LogP contribution in [0.1, 0.15) is 24.2 Å². The third-order valence-corrected chi connectivity index (χ3v) is 4.89. The van der Waals surface area contributed by atoms with Gasteiger partial charge >= 0.3 is 0 Å². The van der Waals surface area contributed by atoms with Gasteiger partial charge in [0, 0.05) is 5.39 Å². The van der Waals surface area contributed by atoms with Crippen LogP contribution in [0.4, 0.5) is 4.39 Å². The molecule has 2 heterocycles. The summed E-state index contributed by atoms with van der Waals surface area (Å²) in [6.07, 6.45) is 0. The topological polar surface area (TPSA) is 91.2 Å². The van der Waals surface area contributed by atoms with Crippen molar-refractivity contribution < 1.29 is 18.7 Å². The molecule has 0 radical (unpaired) electrons. The van der Waals surface area contributed by atoms with Crippen molar-refractivity contribution >= 4 is 27.8 Å². The zero-order valence-electron chi connectivity index (χ0n) is 15.5. The highest BCUT2D eigenvalue weighted by atomic mass is 19.1. The van der Waals surface area contributed by atoms with Gasteiger partial charge in [-0.2, -0.15) is 5.10 Å². The van der Waals surface area contributed by atoms with Crippen LogP contribution in [0.2, 0.25) is 0 Å². The third-order valence-electron chi connectivity index (χ3n) is 4.89. The molecule has 3 N–H and O–H groups in total. The zero-order valence-corrected chi connectivity index (χ0v) is 15.5. The Labute approximate surface area is 160 Å². The molecule has 6 nitrogen and oxygen atoms in total. The number of fused-ring (bicyclic) bond motifs is 2. The SMILES string of the molecule is CC(C)[C@@H](CO)NC(=O)c1ccc2[nH]nc(-c3cc4ccccc4o3)c2c1F. The van der Waals surface area contributed by atoms with Crippen LogP contribution in [0.15, 0.2) is 46.9 Å². The molecule has 0 aliphatic carbocycles. The van der Waals surface area contributed by atoms with E-state index in [2.05, 4.69) is 15.5 Å². The first kappa shape index (κ1) is 18.2. The van der Waals surface area contributed by atoms with Crippen LogP contribution in [0.25, 0.3) is 33.3 Å². The molecule has 28 heavy (non-hydrogen) atoms. The Balaban J connectivity index is 1.78. The largest absolute Gasteiger partial charge is 0.454 e. The zero-order chi connectivity index (χ0) is 19.8. The van der Waals surface area contributed by atoms with E-state index in [0.29, 0.717) is 22.6 Å². The minimum atomic E-state index is -0.681. The normalized spacial score (nSPS) is 12.8. The number of para-hydroxylation sites is 1. The molecule has 0 saturated heterocycles.